The van der Waals surface area contributed by atoms with E-state index in [-0.39, 0.29) is 0 Å². The van der Waals surface area contributed by atoms with Gasteiger partial charge in [-0.3, -0.25) is 0 Å². The van der Waals surface area contributed by atoms with Gasteiger partial charge in [-0.2, -0.15) is 0 Å². The Labute approximate surface area is 131 Å². The molecule has 1 N–H and O–H groups in total. The van der Waals surface area contributed by atoms with Crippen molar-refractivity contribution in [2.45, 2.75) is 51.5 Å². The van der Waals surface area contributed by atoms with Crippen molar-refractivity contribution in [1.29, 1.82) is 0 Å². The molecule has 1 aliphatic carbocycles. The molecule has 1 aromatic carbocycles. The molecule has 0 radical (unpaired) electrons. The molecule has 0 aliphatic heterocycles. The monoisotopic (exact) mass is 300 g/mol. The minimum Gasteiger partial charge on any atom is -0.311 e. The van der Waals surface area contributed by atoms with E-state index in [1.54, 1.807) is 0 Å². The van der Waals surface area contributed by atoms with Crippen LogP contribution in [0.3, 0.4) is 0 Å². The molecule has 1 aliphatic rings. The fourth-order valence-corrected chi connectivity index (χ4v) is 4.29. The Bertz CT molecular complexity index is 556. The molecule has 0 saturated heterocycles. The number of aromatic nitrogens is 1. The molecule has 1 heterocycles. The van der Waals surface area contributed by atoms with Gasteiger partial charge < -0.3 is 5.32 Å². The minimum absolute atomic E-state index is 0.706. The van der Waals surface area contributed by atoms with Crippen molar-refractivity contribution in [1.82, 2.24) is 10.3 Å². The lowest BCUT2D eigenvalue weighted by molar-refractivity contribution is 0.658. The van der Waals surface area contributed by atoms with Crippen LogP contribution < -0.4 is 5.32 Å². The van der Waals surface area contributed by atoms with Crippen LogP contribution in [0.4, 0.5) is 0 Å². The molecule has 21 heavy (non-hydrogen) atoms. The molecule has 2 nitrogen and oxygen atoms in total. The van der Waals surface area contributed by atoms with E-state index < -0.39 is 0 Å². The van der Waals surface area contributed by atoms with Crippen LogP contribution in [0, 0.1) is 0 Å². The Kier molecular flexibility index (Phi) is 5.04. The number of hydrogen-bond donors (Lipinski definition) is 1. The Balaban J connectivity index is 1.87. The summed E-state index contributed by atoms with van der Waals surface area (Å²) in [6.45, 7) is 4.15. The number of nitrogens with one attached hydrogen (secondary N) is 1. The van der Waals surface area contributed by atoms with Gasteiger partial charge in [0.25, 0.3) is 0 Å². The zero-order valence-corrected chi connectivity index (χ0v) is 13.6. The highest BCUT2D eigenvalue weighted by atomic mass is 32.1. The van der Waals surface area contributed by atoms with Crippen LogP contribution >= 0.6 is 11.3 Å². The quantitative estimate of drug-likeness (QED) is 0.762. The normalized spacial score (nSPS) is 15.7. The number of thiazole rings is 1. The highest BCUT2D eigenvalue weighted by molar-refractivity contribution is 7.15. The zero-order valence-electron chi connectivity index (χ0n) is 12.8. The maximum absolute atomic E-state index is 5.00. The number of nitrogens with zero attached hydrogens (tertiary/aromatic N) is 1. The van der Waals surface area contributed by atoms with E-state index in [9.17, 15) is 0 Å². The number of benzene rings is 1. The summed E-state index contributed by atoms with van der Waals surface area (Å²) in [4.78, 5) is 6.36. The van der Waals surface area contributed by atoms with Gasteiger partial charge >= 0.3 is 0 Å². The van der Waals surface area contributed by atoms with Crippen LogP contribution in [-0.4, -0.2) is 11.5 Å². The Morgan fingerprint density at radius 3 is 2.67 bits per heavy atom. The molecular formula is C18H24N2S. The van der Waals surface area contributed by atoms with Gasteiger partial charge in [-0.15, -0.1) is 11.3 Å². The summed E-state index contributed by atoms with van der Waals surface area (Å²) in [6.07, 6.45) is 6.55. The van der Waals surface area contributed by atoms with Crippen LogP contribution in [0.2, 0.25) is 0 Å². The second-order valence-corrected chi connectivity index (χ2v) is 6.88. The summed E-state index contributed by atoms with van der Waals surface area (Å²) in [5.74, 6) is 0.706. The Morgan fingerprint density at radius 2 is 1.95 bits per heavy atom. The third-order valence-corrected chi connectivity index (χ3v) is 5.48. The summed E-state index contributed by atoms with van der Waals surface area (Å²) in [6, 6.07) is 10.7. The van der Waals surface area contributed by atoms with Crippen molar-refractivity contribution in [3.05, 3.63) is 41.0 Å². The van der Waals surface area contributed by atoms with E-state index in [0.717, 1.165) is 13.1 Å². The standard InChI is InChI=1S/C18H24N2S/c1-2-12-19-13-16-17(14-8-4-3-5-9-14)21-18(20-16)15-10-6-7-11-15/h3-5,8-9,15,19H,2,6-7,10-13H2,1H3. The summed E-state index contributed by atoms with van der Waals surface area (Å²) in [5, 5.41) is 4.87. The maximum Gasteiger partial charge on any atom is 0.0966 e. The first kappa shape index (κ1) is 14.7. The SMILES string of the molecule is CCCNCc1nc(C2CCCC2)sc1-c1ccccc1. The molecule has 3 rings (SSSR count). The fourth-order valence-electron chi connectivity index (χ4n) is 3.04. The summed E-state index contributed by atoms with van der Waals surface area (Å²) in [7, 11) is 0. The second kappa shape index (κ2) is 7.19. The van der Waals surface area contributed by atoms with Crippen LogP contribution in [0.1, 0.15) is 55.6 Å². The predicted octanol–water partition coefficient (Wildman–Crippen LogP) is 4.97. The molecule has 1 fully saturated rings. The lowest BCUT2D eigenvalue weighted by Gasteiger charge is -2.04. The lowest BCUT2D eigenvalue weighted by Crippen LogP contribution is -2.14. The molecule has 0 amide bonds. The fraction of sp³-hybridized carbons (Fsp3) is 0.500. The van der Waals surface area contributed by atoms with Crippen molar-refractivity contribution < 1.29 is 0 Å². The largest absolute Gasteiger partial charge is 0.311 e. The van der Waals surface area contributed by atoms with Gasteiger partial charge in [0, 0.05) is 12.5 Å². The molecule has 112 valence electrons. The van der Waals surface area contributed by atoms with Crippen molar-refractivity contribution in [2.75, 3.05) is 6.54 Å². The molecule has 1 aromatic heterocycles. The predicted molar refractivity (Wildman–Crippen MR) is 90.8 cm³/mol. The average molecular weight is 300 g/mol. The highest BCUT2D eigenvalue weighted by Gasteiger charge is 2.22. The summed E-state index contributed by atoms with van der Waals surface area (Å²) < 4.78 is 0. The molecule has 3 heteroatoms. The van der Waals surface area contributed by atoms with Crippen LogP contribution in [-0.2, 0) is 6.54 Å². The van der Waals surface area contributed by atoms with Gasteiger partial charge in [-0.05, 0) is 31.4 Å². The zero-order chi connectivity index (χ0) is 14.5. The van der Waals surface area contributed by atoms with Crippen molar-refractivity contribution in [3.63, 3.8) is 0 Å². The Morgan fingerprint density at radius 1 is 1.19 bits per heavy atom. The van der Waals surface area contributed by atoms with Gasteiger partial charge in [-0.25, -0.2) is 4.98 Å². The lowest BCUT2D eigenvalue weighted by atomic mass is 10.1. The minimum atomic E-state index is 0.706. The van der Waals surface area contributed by atoms with Gasteiger partial charge in [0.1, 0.15) is 0 Å². The third-order valence-electron chi connectivity index (χ3n) is 4.17. The molecule has 0 spiro atoms. The highest BCUT2D eigenvalue weighted by Crippen LogP contribution is 2.40. The molecule has 0 bridgehead atoms. The van der Waals surface area contributed by atoms with E-state index in [4.69, 9.17) is 4.98 Å². The van der Waals surface area contributed by atoms with Crippen LogP contribution in [0.5, 0.6) is 0 Å². The van der Waals surface area contributed by atoms with Gasteiger partial charge in [0.15, 0.2) is 0 Å². The van der Waals surface area contributed by atoms with Crippen molar-refractivity contribution >= 4 is 11.3 Å². The van der Waals surface area contributed by atoms with E-state index >= 15 is 0 Å². The third kappa shape index (κ3) is 3.53. The summed E-state index contributed by atoms with van der Waals surface area (Å²) >= 11 is 1.92. The topological polar surface area (TPSA) is 24.9 Å². The number of hydrogen-bond acceptors (Lipinski definition) is 3. The van der Waals surface area contributed by atoms with Gasteiger partial charge in [0.05, 0.1) is 15.6 Å². The maximum atomic E-state index is 5.00. The first-order chi connectivity index (χ1) is 10.4. The second-order valence-electron chi connectivity index (χ2n) is 5.85. The average Bonchev–Trinajstić information content (AvgIpc) is 3.18. The smallest absolute Gasteiger partial charge is 0.0966 e. The summed E-state index contributed by atoms with van der Waals surface area (Å²) in [5.41, 5.74) is 2.55. The van der Waals surface area contributed by atoms with Gasteiger partial charge in [-0.1, -0.05) is 50.1 Å². The van der Waals surface area contributed by atoms with E-state index in [1.165, 1.54) is 53.2 Å². The van der Waals surface area contributed by atoms with Gasteiger partial charge in [0.2, 0.25) is 0 Å². The van der Waals surface area contributed by atoms with E-state index in [1.807, 2.05) is 11.3 Å². The first-order valence-electron chi connectivity index (χ1n) is 8.14. The Hall–Kier alpha value is -1.19. The van der Waals surface area contributed by atoms with E-state index in [0.29, 0.717) is 5.92 Å². The molecule has 0 unspecified atom stereocenters. The molecule has 2 aromatic rings. The van der Waals surface area contributed by atoms with Crippen LogP contribution in [0.25, 0.3) is 10.4 Å². The number of rotatable bonds is 6. The molecular weight excluding hydrogens is 276 g/mol. The van der Waals surface area contributed by atoms with Crippen LogP contribution in [0.15, 0.2) is 30.3 Å². The van der Waals surface area contributed by atoms with E-state index in [2.05, 4.69) is 42.6 Å². The molecule has 1 saturated carbocycles. The van der Waals surface area contributed by atoms with Crippen molar-refractivity contribution in [3.8, 4) is 10.4 Å². The first-order valence-corrected chi connectivity index (χ1v) is 8.96. The molecule has 0 atom stereocenters. The van der Waals surface area contributed by atoms with Crippen molar-refractivity contribution in [2.24, 2.45) is 0 Å².